The molecule has 2 N–H and O–H groups in total. The highest BCUT2D eigenvalue weighted by molar-refractivity contribution is 6.02. The number of ether oxygens (including phenoxy) is 1. The third-order valence-corrected chi connectivity index (χ3v) is 7.48. The number of nitrogens with one attached hydrogen (secondary N) is 2. The SMILES string of the molecule is CCNC(=O)c1cn2c3c(c(NCCCCN4CCCC4)c(F)cc3c1=O)Oc1cc3ccccc3cc1-2. The zero-order valence-corrected chi connectivity index (χ0v) is 21.5. The van der Waals surface area contributed by atoms with Crippen molar-refractivity contribution >= 4 is 33.3 Å². The molecule has 2 aliphatic rings. The van der Waals surface area contributed by atoms with Crippen LogP contribution in [-0.2, 0) is 0 Å². The molecule has 0 saturated carbocycles. The third kappa shape index (κ3) is 4.28. The van der Waals surface area contributed by atoms with Crippen LogP contribution in [-0.4, -0.2) is 48.1 Å². The van der Waals surface area contributed by atoms with Gasteiger partial charge in [-0.3, -0.25) is 9.59 Å². The summed E-state index contributed by atoms with van der Waals surface area (Å²) in [5, 5.41) is 8.02. The number of aromatic nitrogens is 1. The van der Waals surface area contributed by atoms with E-state index in [1.165, 1.54) is 18.9 Å². The largest absolute Gasteiger partial charge is 0.451 e. The van der Waals surface area contributed by atoms with Gasteiger partial charge in [0.05, 0.1) is 11.1 Å². The molecule has 1 amide bonds. The fraction of sp³-hybridized carbons (Fsp3) is 0.333. The number of anilines is 1. The van der Waals surface area contributed by atoms with Crippen LogP contribution in [0.1, 0.15) is 43.0 Å². The number of hydrogen-bond acceptors (Lipinski definition) is 5. The van der Waals surface area contributed by atoms with Gasteiger partial charge >= 0.3 is 0 Å². The molecular weight excluding hydrogens is 483 g/mol. The number of nitrogens with zero attached hydrogens (tertiary/aromatic N) is 2. The molecule has 0 aliphatic carbocycles. The summed E-state index contributed by atoms with van der Waals surface area (Å²) < 4.78 is 23.7. The summed E-state index contributed by atoms with van der Waals surface area (Å²) in [6, 6.07) is 13.0. The highest BCUT2D eigenvalue weighted by Crippen LogP contribution is 2.46. The molecule has 0 unspecified atom stereocenters. The van der Waals surface area contributed by atoms with Crippen molar-refractivity contribution in [2.45, 2.75) is 32.6 Å². The Morgan fingerprint density at radius 3 is 2.61 bits per heavy atom. The molecule has 1 saturated heterocycles. The summed E-state index contributed by atoms with van der Waals surface area (Å²) >= 11 is 0. The number of rotatable bonds is 8. The predicted molar refractivity (Wildman–Crippen MR) is 148 cm³/mol. The van der Waals surface area contributed by atoms with Gasteiger partial charge in [0.25, 0.3) is 5.91 Å². The number of likely N-dealkylation sites (tertiary alicyclic amines) is 1. The van der Waals surface area contributed by atoms with Gasteiger partial charge in [0, 0.05) is 19.3 Å². The fourth-order valence-electron chi connectivity index (χ4n) is 5.57. The molecule has 4 aromatic rings. The van der Waals surface area contributed by atoms with E-state index in [4.69, 9.17) is 4.74 Å². The Bertz CT molecular complexity index is 1610. The minimum Gasteiger partial charge on any atom is -0.451 e. The lowest BCUT2D eigenvalue weighted by molar-refractivity contribution is 0.0954. The van der Waals surface area contributed by atoms with Gasteiger partial charge < -0.3 is 24.8 Å². The Kier molecular flexibility index (Phi) is 6.49. The van der Waals surface area contributed by atoms with E-state index in [1.807, 2.05) is 36.4 Å². The van der Waals surface area contributed by atoms with Gasteiger partial charge in [0.1, 0.15) is 16.8 Å². The van der Waals surface area contributed by atoms with Gasteiger partial charge in [-0.25, -0.2) is 4.39 Å². The van der Waals surface area contributed by atoms with E-state index in [-0.39, 0.29) is 22.4 Å². The van der Waals surface area contributed by atoms with Gasteiger partial charge in [-0.15, -0.1) is 0 Å². The summed E-state index contributed by atoms with van der Waals surface area (Å²) in [7, 11) is 0. The molecule has 3 heterocycles. The Balaban J connectivity index is 1.44. The number of fused-ring (bicyclic) bond motifs is 3. The molecule has 0 radical (unpaired) electrons. The van der Waals surface area contributed by atoms with Crippen LogP contribution in [0.3, 0.4) is 0 Å². The maximum absolute atomic E-state index is 15.6. The molecule has 7 nitrogen and oxygen atoms in total. The minimum absolute atomic E-state index is 0.0340. The second-order valence-electron chi connectivity index (χ2n) is 10.0. The summed E-state index contributed by atoms with van der Waals surface area (Å²) in [4.78, 5) is 28.6. The Labute approximate surface area is 220 Å². The molecule has 8 heteroatoms. The van der Waals surface area contributed by atoms with E-state index < -0.39 is 17.2 Å². The second kappa shape index (κ2) is 10.1. The van der Waals surface area contributed by atoms with Gasteiger partial charge in [0.2, 0.25) is 5.43 Å². The summed E-state index contributed by atoms with van der Waals surface area (Å²) in [5.74, 6) is -0.264. The van der Waals surface area contributed by atoms with E-state index in [0.717, 1.165) is 43.2 Å². The lowest BCUT2D eigenvalue weighted by atomic mass is 10.0. The lowest BCUT2D eigenvalue weighted by Gasteiger charge is -2.26. The number of carbonyl (C=O) groups is 1. The van der Waals surface area contributed by atoms with Crippen molar-refractivity contribution in [3.05, 3.63) is 70.3 Å². The first-order valence-corrected chi connectivity index (χ1v) is 13.4. The smallest absolute Gasteiger partial charge is 0.256 e. The van der Waals surface area contributed by atoms with E-state index in [1.54, 1.807) is 17.7 Å². The monoisotopic (exact) mass is 514 g/mol. The first-order valence-electron chi connectivity index (χ1n) is 13.4. The van der Waals surface area contributed by atoms with Crippen LogP contribution in [0.5, 0.6) is 11.5 Å². The molecule has 0 atom stereocenters. The van der Waals surface area contributed by atoms with Crippen LogP contribution < -0.4 is 20.8 Å². The third-order valence-electron chi connectivity index (χ3n) is 7.48. The van der Waals surface area contributed by atoms with E-state index in [2.05, 4.69) is 15.5 Å². The van der Waals surface area contributed by atoms with Crippen molar-refractivity contribution in [2.75, 3.05) is 38.0 Å². The van der Waals surface area contributed by atoms with Crippen LogP contribution in [0, 0.1) is 5.82 Å². The standard InChI is InChI=1S/C30H31FN4O3/c1-2-32-30(37)22-18-35-24-15-19-9-3-4-10-20(19)16-25(24)38-29-26(23(31)17-21(27(29)35)28(22)36)33-11-5-6-12-34-13-7-8-14-34/h3-4,9-10,15-18,33H,2,5-8,11-14H2,1H3,(H,32,37). The average molecular weight is 515 g/mol. The van der Waals surface area contributed by atoms with Crippen molar-refractivity contribution in [3.63, 3.8) is 0 Å². The van der Waals surface area contributed by atoms with Gasteiger partial charge in [-0.1, -0.05) is 24.3 Å². The Morgan fingerprint density at radius 1 is 1.08 bits per heavy atom. The number of halogens is 1. The van der Waals surface area contributed by atoms with Crippen LogP contribution in [0.4, 0.5) is 10.1 Å². The average Bonchev–Trinajstić information content (AvgIpc) is 3.44. The predicted octanol–water partition coefficient (Wildman–Crippen LogP) is 5.43. The first-order chi connectivity index (χ1) is 18.5. The molecule has 38 heavy (non-hydrogen) atoms. The van der Waals surface area contributed by atoms with Crippen LogP contribution >= 0.6 is 0 Å². The quantitative estimate of drug-likeness (QED) is 0.270. The number of unbranched alkanes of at least 4 members (excludes halogenated alkanes) is 1. The maximum atomic E-state index is 15.6. The van der Waals surface area contributed by atoms with Crippen molar-refractivity contribution in [1.82, 2.24) is 14.8 Å². The maximum Gasteiger partial charge on any atom is 0.256 e. The Morgan fingerprint density at radius 2 is 1.84 bits per heavy atom. The van der Waals surface area contributed by atoms with Crippen molar-refractivity contribution in [1.29, 1.82) is 0 Å². The van der Waals surface area contributed by atoms with Crippen LogP contribution in [0.25, 0.3) is 27.4 Å². The summed E-state index contributed by atoms with van der Waals surface area (Å²) in [6.45, 7) is 6.12. The number of hydrogen-bond donors (Lipinski definition) is 2. The highest BCUT2D eigenvalue weighted by atomic mass is 19.1. The van der Waals surface area contributed by atoms with Crippen molar-refractivity contribution in [3.8, 4) is 17.2 Å². The lowest BCUT2D eigenvalue weighted by Crippen LogP contribution is -2.30. The highest BCUT2D eigenvalue weighted by Gasteiger charge is 2.28. The van der Waals surface area contributed by atoms with E-state index >= 15 is 4.39 Å². The molecule has 6 rings (SSSR count). The molecule has 0 spiro atoms. The van der Waals surface area contributed by atoms with Crippen molar-refractivity contribution in [2.24, 2.45) is 0 Å². The number of amides is 1. The molecule has 196 valence electrons. The molecule has 1 fully saturated rings. The summed E-state index contributed by atoms with van der Waals surface area (Å²) in [6.07, 6.45) is 5.99. The van der Waals surface area contributed by atoms with Gasteiger partial charge in [-0.05, 0) is 81.2 Å². The second-order valence-corrected chi connectivity index (χ2v) is 10.0. The zero-order valence-electron chi connectivity index (χ0n) is 21.5. The molecule has 2 aliphatic heterocycles. The number of carbonyl (C=O) groups excluding carboxylic acids is 1. The molecule has 0 bridgehead atoms. The zero-order chi connectivity index (χ0) is 26.2. The topological polar surface area (TPSA) is 75.6 Å². The fourth-order valence-corrected chi connectivity index (χ4v) is 5.57. The van der Waals surface area contributed by atoms with E-state index in [9.17, 15) is 9.59 Å². The van der Waals surface area contributed by atoms with Gasteiger partial charge in [-0.2, -0.15) is 0 Å². The number of benzene rings is 3. The number of pyridine rings is 1. The molecular formula is C30H31FN4O3. The van der Waals surface area contributed by atoms with Crippen LogP contribution in [0.2, 0.25) is 0 Å². The first kappa shape index (κ1) is 24.4. The molecule has 1 aromatic heterocycles. The minimum atomic E-state index is -0.576. The summed E-state index contributed by atoms with van der Waals surface area (Å²) in [5.41, 5.74) is 0.818. The normalized spacial score (nSPS) is 14.5. The van der Waals surface area contributed by atoms with Gasteiger partial charge in [0.15, 0.2) is 17.3 Å². The molecule has 3 aromatic carbocycles. The Hall–Kier alpha value is -3.91. The van der Waals surface area contributed by atoms with Crippen LogP contribution in [0.15, 0.2) is 53.5 Å². The van der Waals surface area contributed by atoms with E-state index in [0.29, 0.717) is 30.0 Å². The van der Waals surface area contributed by atoms with Crippen molar-refractivity contribution < 1.29 is 13.9 Å².